The molecule has 0 saturated heterocycles. The first-order valence-corrected chi connectivity index (χ1v) is 9.22. The van der Waals surface area contributed by atoms with Crippen LogP contribution < -0.4 is 9.47 Å². The number of carbonyl (C=O) groups is 1. The second kappa shape index (κ2) is 10.5. The van der Waals surface area contributed by atoms with Gasteiger partial charge in [-0.15, -0.1) is 0 Å². The van der Waals surface area contributed by atoms with E-state index in [0.29, 0.717) is 11.5 Å². The van der Waals surface area contributed by atoms with Crippen LogP contribution in [0, 0.1) is 6.92 Å². The Balaban J connectivity index is 1.72. The zero-order chi connectivity index (χ0) is 17.9. The van der Waals surface area contributed by atoms with Crippen molar-refractivity contribution in [3.8, 4) is 11.5 Å². The Bertz CT molecular complexity index is 629. The molecule has 134 valence electrons. The first-order chi connectivity index (χ1) is 12.2. The third-order valence-electron chi connectivity index (χ3n) is 4.17. The Kier molecular flexibility index (Phi) is 8.03. The van der Waals surface area contributed by atoms with Crippen LogP contribution in [0.5, 0.6) is 11.5 Å². The summed E-state index contributed by atoms with van der Waals surface area (Å²) in [6.07, 6.45) is 8.12. The Morgan fingerprint density at radius 1 is 0.760 bits per heavy atom. The van der Waals surface area contributed by atoms with Crippen LogP contribution in [0.25, 0.3) is 0 Å². The smallest absolute Gasteiger partial charge is 0.395 e. The number of benzene rings is 2. The summed E-state index contributed by atoms with van der Waals surface area (Å²) >= 11 is 0. The topological polar surface area (TPSA) is 35.5 Å². The molecule has 0 aromatic heterocycles. The highest BCUT2D eigenvalue weighted by atomic mass is 16.7. The van der Waals surface area contributed by atoms with Crippen molar-refractivity contribution in [1.29, 1.82) is 0 Å². The number of unbranched alkanes of at least 4 members (excludes halogenated alkanes) is 5. The van der Waals surface area contributed by atoms with Gasteiger partial charge in [-0.05, 0) is 49.6 Å². The monoisotopic (exact) mass is 340 g/mol. The third-order valence-corrected chi connectivity index (χ3v) is 4.17. The van der Waals surface area contributed by atoms with Crippen molar-refractivity contribution < 1.29 is 14.3 Å². The van der Waals surface area contributed by atoms with Gasteiger partial charge in [-0.25, -0.2) is 4.79 Å². The number of hydrogen-bond acceptors (Lipinski definition) is 3. The number of carbonyl (C=O) groups excluding carboxylic acids is 1. The van der Waals surface area contributed by atoms with Crippen LogP contribution >= 0.6 is 0 Å². The van der Waals surface area contributed by atoms with Crippen molar-refractivity contribution in [3.05, 3.63) is 59.7 Å². The summed E-state index contributed by atoms with van der Waals surface area (Å²) in [4.78, 5) is 11.8. The zero-order valence-electron chi connectivity index (χ0n) is 15.3. The van der Waals surface area contributed by atoms with Crippen LogP contribution in [0.1, 0.15) is 56.6 Å². The molecule has 2 rings (SSSR count). The number of hydrogen-bond donors (Lipinski definition) is 0. The molecule has 3 nitrogen and oxygen atoms in total. The zero-order valence-corrected chi connectivity index (χ0v) is 15.3. The molecular weight excluding hydrogens is 312 g/mol. The highest BCUT2D eigenvalue weighted by molar-refractivity contribution is 5.67. The summed E-state index contributed by atoms with van der Waals surface area (Å²) in [6.45, 7) is 4.22. The predicted molar refractivity (Wildman–Crippen MR) is 101 cm³/mol. The van der Waals surface area contributed by atoms with Crippen molar-refractivity contribution in [3.63, 3.8) is 0 Å². The fourth-order valence-electron chi connectivity index (χ4n) is 2.65. The maximum absolute atomic E-state index is 11.8. The molecule has 0 fully saturated rings. The number of aryl methyl sites for hydroxylation is 2. The van der Waals surface area contributed by atoms with Crippen LogP contribution in [0.4, 0.5) is 4.79 Å². The minimum absolute atomic E-state index is 0.482. The molecule has 2 aromatic rings. The third kappa shape index (κ3) is 7.42. The van der Waals surface area contributed by atoms with Gasteiger partial charge in [0.2, 0.25) is 0 Å². The Hall–Kier alpha value is -2.29. The summed E-state index contributed by atoms with van der Waals surface area (Å²) in [7, 11) is 0. The van der Waals surface area contributed by atoms with Gasteiger partial charge in [0.1, 0.15) is 11.5 Å². The van der Waals surface area contributed by atoms with Gasteiger partial charge in [0, 0.05) is 0 Å². The van der Waals surface area contributed by atoms with E-state index in [1.54, 1.807) is 12.1 Å². The standard InChI is InChI=1S/C22H28O3/c1-3-4-5-6-7-8-9-19-12-16-21(17-13-19)25-22(23)24-20-14-10-18(2)11-15-20/h10-17H,3-9H2,1-2H3. The molecule has 0 bridgehead atoms. The minimum atomic E-state index is -0.715. The molecule has 25 heavy (non-hydrogen) atoms. The van der Waals surface area contributed by atoms with E-state index < -0.39 is 6.16 Å². The molecule has 2 aromatic carbocycles. The summed E-state index contributed by atoms with van der Waals surface area (Å²) in [6, 6.07) is 15.0. The highest BCUT2D eigenvalue weighted by Crippen LogP contribution is 2.17. The number of ether oxygens (including phenoxy) is 2. The molecular formula is C22H28O3. The molecule has 0 amide bonds. The van der Waals surface area contributed by atoms with E-state index in [1.165, 1.54) is 44.1 Å². The summed E-state index contributed by atoms with van der Waals surface area (Å²) in [5.74, 6) is 0.985. The molecule has 3 heteroatoms. The van der Waals surface area contributed by atoms with Gasteiger partial charge in [0.15, 0.2) is 0 Å². The lowest BCUT2D eigenvalue weighted by Gasteiger charge is -2.07. The van der Waals surface area contributed by atoms with E-state index >= 15 is 0 Å². The van der Waals surface area contributed by atoms with E-state index in [9.17, 15) is 4.79 Å². The Morgan fingerprint density at radius 2 is 1.28 bits per heavy atom. The molecule has 0 aliphatic heterocycles. The molecule has 0 radical (unpaired) electrons. The molecule has 0 saturated carbocycles. The summed E-state index contributed by atoms with van der Waals surface area (Å²) < 4.78 is 10.4. The van der Waals surface area contributed by atoms with E-state index in [-0.39, 0.29) is 0 Å². The molecule has 0 spiro atoms. The quantitative estimate of drug-likeness (QED) is 0.298. The summed E-state index contributed by atoms with van der Waals surface area (Å²) in [5, 5.41) is 0. The number of rotatable bonds is 9. The Morgan fingerprint density at radius 3 is 1.88 bits per heavy atom. The minimum Gasteiger partial charge on any atom is -0.395 e. The van der Waals surface area contributed by atoms with Crippen molar-refractivity contribution in [1.82, 2.24) is 0 Å². The lowest BCUT2D eigenvalue weighted by molar-refractivity contribution is 0.152. The average molecular weight is 340 g/mol. The SMILES string of the molecule is CCCCCCCCc1ccc(OC(=O)Oc2ccc(C)cc2)cc1. The fraction of sp³-hybridized carbons (Fsp3) is 0.409. The molecule has 0 aliphatic carbocycles. The molecule has 0 unspecified atom stereocenters. The van der Waals surface area contributed by atoms with Crippen LogP contribution in [0.15, 0.2) is 48.5 Å². The van der Waals surface area contributed by atoms with Gasteiger partial charge < -0.3 is 9.47 Å². The first-order valence-electron chi connectivity index (χ1n) is 9.22. The van der Waals surface area contributed by atoms with Crippen molar-refractivity contribution in [2.45, 2.75) is 58.8 Å². The molecule has 0 N–H and O–H groups in total. The van der Waals surface area contributed by atoms with Crippen LogP contribution in [-0.2, 0) is 6.42 Å². The molecule has 0 atom stereocenters. The second-order valence-corrected chi connectivity index (χ2v) is 6.43. The average Bonchev–Trinajstić information content (AvgIpc) is 2.61. The Labute approximate surface area is 151 Å². The molecule has 0 heterocycles. The van der Waals surface area contributed by atoms with Gasteiger partial charge in [-0.3, -0.25) is 0 Å². The van der Waals surface area contributed by atoms with E-state index in [2.05, 4.69) is 6.92 Å². The van der Waals surface area contributed by atoms with Gasteiger partial charge >= 0.3 is 6.16 Å². The lowest BCUT2D eigenvalue weighted by atomic mass is 10.1. The predicted octanol–water partition coefficient (Wildman–Crippen LogP) is 6.48. The van der Waals surface area contributed by atoms with E-state index in [0.717, 1.165) is 12.0 Å². The van der Waals surface area contributed by atoms with Gasteiger partial charge in [0.05, 0.1) is 0 Å². The fourth-order valence-corrected chi connectivity index (χ4v) is 2.65. The van der Waals surface area contributed by atoms with Crippen LogP contribution in [-0.4, -0.2) is 6.16 Å². The maximum Gasteiger partial charge on any atom is 0.519 e. The lowest BCUT2D eigenvalue weighted by Crippen LogP contribution is -2.13. The maximum atomic E-state index is 11.8. The van der Waals surface area contributed by atoms with Crippen molar-refractivity contribution in [2.75, 3.05) is 0 Å². The largest absolute Gasteiger partial charge is 0.519 e. The van der Waals surface area contributed by atoms with Crippen molar-refractivity contribution in [2.24, 2.45) is 0 Å². The highest BCUT2D eigenvalue weighted by Gasteiger charge is 2.07. The first kappa shape index (κ1) is 19.0. The van der Waals surface area contributed by atoms with Crippen molar-refractivity contribution >= 4 is 6.16 Å². The van der Waals surface area contributed by atoms with Gasteiger partial charge in [0.25, 0.3) is 0 Å². The second-order valence-electron chi connectivity index (χ2n) is 6.43. The van der Waals surface area contributed by atoms with Crippen LogP contribution in [0.2, 0.25) is 0 Å². The van der Waals surface area contributed by atoms with Crippen LogP contribution in [0.3, 0.4) is 0 Å². The van der Waals surface area contributed by atoms with Gasteiger partial charge in [-0.2, -0.15) is 0 Å². The van der Waals surface area contributed by atoms with E-state index in [4.69, 9.17) is 9.47 Å². The summed E-state index contributed by atoms with van der Waals surface area (Å²) in [5.41, 5.74) is 2.39. The normalized spacial score (nSPS) is 10.5. The van der Waals surface area contributed by atoms with Gasteiger partial charge in [-0.1, -0.05) is 68.9 Å². The van der Waals surface area contributed by atoms with E-state index in [1.807, 2.05) is 43.3 Å². The molecule has 0 aliphatic rings.